The molecule has 6 nitrogen and oxygen atoms in total. The van der Waals surface area contributed by atoms with E-state index in [0.29, 0.717) is 32.5 Å². The molecule has 1 saturated heterocycles. The molecule has 0 bridgehead atoms. The van der Waals surface area contributed by atoms with Crippen LogP contribution < -0.4 is 0 Å². The average molecular weight is 375 g/mol. The molecule has 0 radical (unpaired) electrons. The van der Waals surface area contributed by atoms with Gasteiger partial charge in [-0.05, 0) is 44.2 Å². The van der Waals surface area contributed by atoms with Gasteiger partial charge >= 0.3 is 11.9 Å². The third-order valence-corrected chi connectivity index (χ3v) is 5.20. The number of ether oxygens (including phenoxy) is 2. The van der Waals surface area contributed by atoms with Gasteiger partial charge in [-0.1, -0.05) is 24.3 Å². The van der Waals surface area contributed by atoms with Crippen molar-refractivity contribution < 1.29 is 23.9 Å². The minimum atomic E-state index is -0.749. The van der Waals surface area contributed by atoms with E-state index in [1.54, 1.807) is 11.8 Å². The molecule has 1 amide bonds. The van der Waals surface area contributed by atoms with Gasteiger partial charge in [-0.25, -0.2) is 0 Å². The molecule has 1 atom stereocenters. The Bertz CT molecular complexity index is 687. The molecule has 0 N–H and O–H groups in total. The van der Waals surface area contributed by atoms with Crippen LogP contribution in [-0.4, -0.2) is 49.6 Å². The van der Waals surface area contributed by atoms with Crippen molar-refractivity contribution in [2.24, 2.45) is 5.41 Å². The lowest BCUT2D eigenvalue weighted by Gasteiger charge is -2.41. The highest BCUT2D eigenvalue weighted by molar-refractivity contribution is 5.83. The molecule has 1 aromatic rings. The van der Waals surface area contributed by atoms with Gasteiger partial charge in [0.05, 0.1) is 25.6 Å². The fraction of sp³-hybridized carbons (Fsp3) is 0.571. The summed E-state index contributed by atoms with van der Waals surface area (Å²) >= 11 is 0. The second-order valence-electron chi connectivity index (χ2n) is 7.10. The first-order valence-corrected chi connectivity index (χ1v) is 9.48. The first-order chi connectivity index (χ1) is 12.9. The highest BCUT2D eigenvalue weighted by Gasteiger charge is 2.44. The summed E-state index contributed by atoms with van der Waals surface area (Å²) in [7, 11) is 1.31. The van der Waals surface area contributed by atoms with Crippen LogP contribution in [0.4, 0.5) is 0 Å². The average Bonchev–Trinajstić information content (AvgIpc) is 2.68. The maximum absolute atomic E-state index is 12.9. The van der Waals surface area contributed by atoms with Gasteiger partial charge in [0.1, 0.15) is 0 Å². The van der Waals surface area contributed by atoms with Crippen molar-refractivity contribution in [3.05, 3.63) is 35.4 Å². The molecule has 27 heavy (non-hydrogen) atoms. The van der Waals surface area contributed by atoms with Crippen LogP contribution in [0.1, 0.15) is 43.7 Å². The van der Waals surface area contributed by atoms with E-state index in [9.17, 15) is 14.4 Å². The van der Waals surface area contributed by atoms with Crippen LogP contribution in [0.5, 0.6) is 0 Å². The maximum Gasteiger partial charge on any atom is 0.314 e. The summed E-state index contributed by atoms with van der Waals surface area (Å²) in [4.78, 5) is 38.5. The van der Waals surface area contributed by atoms with E-state index in [1.807, 2.05) is 31.2 Å². The summed E-state index contributed by atoms with van der Waals surface area (Å²) in [6.45, 7) is 5.04. The Morgan fingerprint density at radius 1 is 1.19 bits per heavy atom. The fourth-order valence-corrected chi connectivity index (χ4v) is 3.65. The van der Waals surface area contributed by atoms with Crippen molar-refractivity contribution in [3.8, 4) is 0 Å². The number of amides is 1. The monoisotopic (exact) mass is 375 g/mol. The van der Waals surface area contributed by atoms with Gasteiger partial charge in [-0.3, -0.25) is 14.4 Å². The van der Waals surface area contributed by atoms with E-state index in [-0.39, 0.29) is 24.7 Å². The summed E-state index contributed by atoms with van der Waals surface area (Å²) in [5.41, 5.74) is 1.46. The predicted octanol–water partition coefficient (Wildman–Crippen LogP) is 2.66. The Kier molecular flexibility index (Phi) is 7.39. The van der Waals surface area contributed by atoms with Gasteiger partial charge in [-0.15, -0.1) is 0 Å². The molecule has 0 spiro atoms. The highest BCUT2D eigenvalue weighted by Crippen LogP contribution is 2.36. The number of likely N-dealkylation sites (tertiary alicyclic amines) is 1. The van der Waals surface area contributed by atoms with Crippen LogP contribution in [0.3, 0.4) is 0 Å². The number of nitrogens with zero attached hydrogens (tertiary/aromatic N) is 1. The zero-order valence-electron chi connectivity index (χ0n) is 16.5. The lowest BCUT2D eigenvalue weighted by atomic mass is 9.74. The SMILES string of the molecule is CCOC(=O)C1(Cc2ccccc2C)CCCN(C(=O)CCC(=O)OC)C1. The molecule has 6 heteroatoms. The minimum absolute atomic E-state index is 0.0516. The molecular formula is C21H29NO5. The summed E-state index contributed by atoms with van der Waals surface area (Å²) in [6, 6.07) is 7.98. The molecule has 1 aliphatic heterocycles. The molecule has 1 aromatic carbocycles. The van der Waals surface area contributed by atoms with Crippen LogP contribution in [-0.2, 0) is 30.3 Å². The van der Waals surface area contributed by atoms with Crippen molar-refractivity contribution in [2.45, 2.75) is 46.0 Å². The van der Waals surface area contributed by atoms with Crippen molar-refractivity contribution in [2.75, 3.05) is 26.8 Å². The van der Waals surface area contributed by atoms with Gasteiger partial charge in [0.25, 0.3) is 0 Å². The molecule has 2 rings (SSSR count). The Morgan fingerprint density at radius 2 is 1.93 bits per heavy atom. The molecule has 1 fully saturated rings. The van der Waals surface area contributed by atoms with Gasteiger partial charge in [0.2, 0.25) is 5.91 Å². The van der Waals surface area contributed by atoms with E-state index in [2.05, 4.69) is 4.74 Å². The van der Waals surface area contributed by atoms with Crippen molar-refractivity contribution in [1.29, 1.82) is 0 Å². The van der Waals surface area contributed by atoms with Crippen LogP contribution >= 0.6 is 0 Å². The zero-order valence-corrected chi connectivity index (χ0v) is 16.5. The second-order valence-corrected chi connectivity index (χ2v) is 7.10. The summed E-state index contributed by atoms with van der Waals surface area (Å²) < 4.78 is 10.00. The number of esters is 2. The Morgan fingerprint density at radius 3 is 2.59 bits per heavy atom. The quantitative estimate of drug-likeness (QED) is 0.685. The third-order valence-electron chi connectivity index (χ3n) is 5.20. The molecule has 0 aliphatic carbocycles. The van der Waals surface area contributed by atoms with E-state index < -0.39 is 11.4 Å². The van der Waals surface area contributed by atoms with Crippen LogP contribution in [0.15, 0.2) is 24.3 Å². The van der Waals surface area contributed by atoms with Crippen molar-refractivity contribution in [1.82, 2.24) is 4.90 Å². The number of methoxy groups -OCH3 is 1. The van der Waals surface area contributed by atoms with Crippen LogP contribution in [0, 0.1) is 12.3 Å². The van der Waals surface area contributed by atoms with Gasteiger partial charge in [0, 0.05) is 19.5 Å². The standard InChI is InChI=1S/C21H29NO5/c1-4-27-20(25)21(14-17-9-6-5-8-16(17)2)12-7-13-22(15-21)18(23)10-11-19(24)26-3/h5-6,8-9H,4,7,10-15H2,1-3H3. The molecule has 1 unspecified atom stereocenters. The predicted molar refractivity (Wildman–Crippen MR) is 101 cm³/mol. The van der Waals surface area contributed by atoms with E-state index in [1.165, 1.54) is 7.11 Å². The lowest BCUT2D eigenvalue weighted by molar-refractivity contribution is -0.161. The normalized spacial score (nSPS) is 19.4. The van der Waals surface area contributed by atoms with Crippen LogP contribution in [0.2, 0.25) is 0 Å². The number of aryl methyl sites for hydroxylation is 1. The molecule has 1 aliphatic rings. The number of rotatable bonds is 7. The number of carbonyl (C=O) groups excluding carboxylic acids is 3. The van der Waals surface area contributed by atoms with Crippen molar-refractivity contribution >= 4 is 17.8 Å². The van der Waals surface area contributed by atoms with Crippen LogP contribution in [0.25, 0.3) is 0 Å². The zero-order chi connectivity index (χ0) is 19.9. The third kappa shape index (κ3) is 5.31. The van der Waals surface area contributed by atoms with E-state index >= 15 is 0 Å². The number of benzene rings is 1. The summed E-state index contributed by atoms with van der Waals surface area (Å²) in [5, 5.41) is 0. The van der Waals surface area contributed by atoms with Crippen molar-refractivity contribution in [3.63, 3.8) is 0 Å². The van der Waals surface area contributed by atoms with E-state index in [0.717, 1.165) is 17.5 Å². The van der Waals surface area contributed by atoms with Gasteiger partial charge < -0.3 is 14.4 Å². The molecule has 0 saturated carbocycles. The number of piperidine rings is 1. The second kappa shape index (κ2) is 9.53. The fourth-order valence-electron chi connectivity index (χ4n) is 3.65. The van der Waals surface area contributed by atoms with Gasteiger partial charge in [0.15, 0.2) is 0 Å². The topological polar surface area (TPSA) is 72.9 Å². The molecule has 1 heterocycles. The summed E-state index contributed by atoms with van der Waals surface area (Å²) in [6.07, 6.45) is 2.10. The lowest BCUT2D eigenvalue weighted by Crippen LogP contribution is -2.51. The van der Waals surface area contributed by atoms with E-state index in [4.69, 9.17) is 4.74 Å². The Hall–Kier alpha value is -2.37. The largest absolute Gasteiger partial charge is 0.469 e. The first-order valence-electron chi connectivity index (χ1n) is 9.48. The number of hydrogen-bond donors (Lipinski definition) is 0. The maximum atomic E-state index is 12.9. The van der Waals surface area contributed by atoms with Gasteiger partial charge in [-0.2, -0.15) is 0 Å². The number of hydrogen-bond acceptors (Lipinski definition) is 5. The molecule has 148 valence electrons. The smallest absolute Gasteiger partial charge is 0.314 e. The highest BCUT2D eigenvalue weighted by atomic mass is 16.5. The minimum Gasteiger partial charge on any atom is -0.469 e. The molecular weight excluding hydrogens is 346 g/mol. The number of carbonyl (C=O) groups is 3. The Labute approximate surface area is 160 Å². The summed E-state index contributed by atoms with van der Waals surface area (Å²) in [5.74, 6) is -0.783. The Balaban J connectivity index is 2.20. The molecule has 0 aromatic heterocycles. The first kappa shape index (κ1) is 20.9.